The van der Waals surface area contributed by atoms with Gasteiger partial charge in [-0.1, -0.05) is 37.1 Å². The molecule has 1 aliphatic heterocycles. The van der Waals surface area contributed by atoms with Gasteiger partial charge in [0.2, 0.25) is 0 Å². The van der Waals surface area contributed by atoms with Gasteiger partial charge in [-0.2, -0.15) is 0 Å². The lowest BCUT2D eigenvalue weighted by Gasteiger charge is -2.37. The summed E-state index contributed by atoms with van der Waals surface area (Å²) in [6.45, 7) is 5.38. The second kappa shape index (κ2) is 10.6. The normalized spacial score (nSPS) is 18.4. The second-order valence-corrected chi connectivity index (χ2v) is 9.78. The third-order valence-corrected chi connectivity index (χ3v) is 7.48. The van der Waals surface area contributed by atoms with Crippen LogP contribution in [0.25, 0.3) is 10.9 Å². The minimum absolute atomic E-state index is 0.745. The Balaban J connectivity index is 1.29. The number of para-hydroxylation sites is 1. The van der Waals surface area contributed by atoms with E-state index in [1.165, 1.54) is 57.2 Å². The van der Waals surface area contributed by atoms with Gasteiger partial charge in [0.05, 0.1) is 12.8 Å². The molecule has 0 bridgehead atoms. The van der Waals surface area contributed by atoms with Crippen molar-refractivity contribution >= 4 is 10.9 Å². The molecule has 3 heterocycles. The molecule has 0 spiro atoms. The lowest BCUT2D eigenvalue weighted by atomic mass is 9.94. The molecule has 1 aromatic carbocycles. The molecule has 5 heteroatoms. The molecule has 5 rings (SSSR count). The van der Waals surface area contributed by atoms with Crippen molar-refractivity contribution in [2.45, 2.75) is 57.7 Å². The van der Waals surface area contributed by atoms with E-state index in [9.17, 15) is 0 Å². The van der Waals surface area contributed by atoms with Crippen LogP contribution in [0, 0.1) is 5.92 Å². The number of ether oxygens (including phenoxy) is 1. The Morgan fingerprint density at radius 1 is 0.970 bits per heavy atom. The van der Waals surface area contributed by atoms with Crippen molar-refractivity contribution in [1.29, 1.82) is 0 Å². The molecule has 1 aliphatic carbocycles. The topological polar surface area (TPSA) is 41.5 Å². The largest absolute Gasteiger partial charge is 0.494 e. The Hall–Kier alpha value is -2.50. The van der Waals surface area contributed by atoms with Crippen LogP contribution in [0.15, 0.2) is 54.9 Å². The van der Waals surface area contributed by atoms with Crippen molar-refractivity contribution in [2.75, 3.05) is 26.7 Å². The van der Waals surface area contributed by atoms with Gasteiger partial charge in [-0.15, -0.1) is 0 Å². The minimum atomic E-state index is 0.745. The van der Waals surface area contributed by atoms with Crippen molar-refractivity contribution in [3.63, 3.8) is 0 Å². The number of nitrogens with zero attached hydrogens (tertiary/aromatic N) is 4. The monoisotopic (exact) mass is 444 g/mol. The summed E-state index contributed by atoms with van der Waals surface area (Å²) in [6, 6.07) is 15.5. The van der Waals surface area contributed by atoms with Gasteiger partial charge >= 0.3 is 0 Å². The molecule has 5 nitrogen and oxygen atoms in total. The predicted molar refractivity (Wildman–Crippen MR) is 133 cm³/mol. The summed E-state index contributed by atoms with van der Waals surface area (Å²) in [7, 11) is 1.72. The summed E-state index contributed by atoms with van der Waals surface area (Å²) >= 11 is 0. The quantitative estimate of drug-likeness (QED) is 0.472. The number of pyridine rings is 2. The van der Waals surface area contributed by atoms with E-state index in [0.717, 1.165) is 53.9 Å². The van der Waals surface area contributed by atoms with Gasteiger partial charge in [-0.25, -0.2) is 4.98 Å². The Morgan fingerprint density at radius 2 is 1.82 bits per heavy atom. The summed E-state index contributed by atoms with van der Waals surface area (Å²) in [4.78, 5) is 14.7. The summed E-state index contributed by atoms with van der Waals surface area (Å²) in [5.41, 5.74) is 3.31. The van der Waals surface area contributed by atoms with Crippen molar-refractivity contribution in [2.24, 2.45) is 5.92 Å². The fourth-order valence-corrected chi connectivity index (χ4v) is 5.71. The van der Waals surface area contributed by atoms with Gasteiger partial charge in [0.25, 0.3) is 0 Å². The molecule has 174 valence electrons. The van der Waals surface area contributed by atoms with Crippen LogP contribution < -0.4 is 4.74 Å². The fraction of sp³-hybridized carbons (Fsp3) is 0.500. The molecule has 2 aliphatic rings. The van der Waals surface area contributed by atoms with Gasteiger partial charge in [-0.05, 0) is 68.5 Å². The van der Waals surface area contributed by atoms with Crippen molar-refractivity contribution in [3.8, 4) is 5.75 Å². The van der Waals surface area contributed by atoms with E-state index in [2.05, 4.69) is 39.0 Å². The standard InChI is InChI=1S/C28H36N4O/c1-33-27-10-4-7-24-11-12-25(30-28(24)27)21-31(20-23-6-5-15-29-18-23)19-22-13-16-32(17-14-22)26-8-2-3-9-26/h4-7,10-12,15,18,22,26H,2-3,8-9,13-14,16-17,19-21H2,1H3. The molecule has 0 atom stereocenters. The Kier molecular flexibility index (Phi) is 7.18. The first-order valence-corrected chi connectivity index (χ1v) is 12.6. The van der Waals surface area contributed by atoms with Crippen LogP contribution in [0.4, 0.5) is 0 Å². The molecular weight excluding hydrogens is 408 g/mol. The SMILES string of the molecule is COc1cccc2ccc(CN(Cc3cccnc3)CC3CCN(C4CCCC4)CC3)nc12. The minimum Gasteiger partial charge on any atom is -0.494 e. The molecule has 2 aromatic heterocycles. The highest BCUT2D eigenvalue weighted by Gasteiger charge is 2.28. The number of benzene rings is 1. The maximum absolute atomic E-state index is 5.57. The molecular formula is C28H36N4O. The lowest BCUT2D eigenvalue weighted by molar-refractivity contribution is 0.106. The molecule has 0 N–H and O–H groups in total. The average Bonchev–Trinajstić information content (AvgIpc) is 3.40. The molecule has 1 saturated heterocycles. The molecule has 0 unspecified atom stereocenters. The zero-order valence-corrected chi connectivity index (χ0v) is 19.8. The van der Waals surface area contributed by atoms with Crippen LogP contribution in [0.3, 0.4) is 0 Å². The van der Waals surface area contributed by atoms with Crippen molar-refractivity contribution in [3.05, 3.63) is 66.1 Å². The van der Waals surface area contributed by atoms with Crippen LogP contribution in [0.1, 0.15) is 49.8 Å². The molecule has 0 amide bonds. The number of rotatable bonds is 8. The van der Waals surface area contributed by atoms with E-state index in [1.54, 1.807) is 7.11 Å². The highest BCUT2D eigenvalue weighted by Crippen LogP contribution is 2.29. The molecule has 33 heavy (non-hydrogen) atoms. The molecule has 1 saturated carbocycles. The van der Waals surface area contributed by atoms with Gasteiger partial charge in [0, 0.05) is 43.5 Å². The molecule has 2 fully saturated rings. The number of likely N-dealkylation sites (tertiary alicyclic amines) is 1. The first-order valence-electron chi connectivity index (χ1n) is 12.6. The second-order valence-electron chi connectivity index (χ2n) is 9.78. The van der Waals surface area contributed by atoms with Crippen LogP contribution in [-0.4, -0.2) is 52.6 Å². The van der Waals surface area contributed by atoms with Crippen LogP contribution in [-0.2, 0) is 13.1 Å². The highest BCUT2D eigenvalue weighted by atomic mass is 16.5. The van der Waals surface area contributed by atoms with E-state index in [-0.39, 0.29) is 0 Å². The summed E-state index contributed by atoms with van der Waals surface area (Å²) < 4.78 is 5.57. The fourth-order valence-electron chi connectivity index (χ4n) is 5.71. The van der Waals surface area contributed by atoms with E-state index in [1.807, 2.05) is 30.6 Å². The van der Waals surface area contributed by atoms with Gasteiger partial charge < -0.3 is 9.64 Å². The Labute approximate surface area is 197 Å². The lowest BCUT2D eigenvalue weighted by Crippen LogP contribution is -2.42. The third kappa shape index (κ3) is 5.53. The molecule has 0 radical (unpaired) electrons. The number of piperidine rings is 1. The zero-order valence-electron chi connectivity index (χ0n) is 19.8. The van der Waals surface area contributed by atoms with E-state index < -0.39 is 0 Å². The smallest absolute Gasteiger partial charge is 0.145 e. The van der Waals surface area contributed by atoms with E-state index >= 15 is 0 Å². The zero-order chi connectivity index (χ0) is 22.5. The number of fused-ring (bicyclic) bond motifs is 1. The predicted octanol–water partition coefficient (Wildman–Crippen LogP) is 5.30. The number of hydrogen-bond acceptors (Lipinski definition) is 5. The van der Waals surface area contributed by atoms with E-state index in [4.69, 9.17) is 9.72 Å². The van der Waals surface area contributed by atoms with Crippen molar-refractivity contribution < 1.29 is 4.74 Å². The first kappa shape index (κ1) is 22.3. The average molecular weight is 445 g/mol. The number of hydrogen-bond donors (Lipinski definition) is 0. The van der Waals surface area contributed by atoms with Gasteiger partial charge in [0.1, 0.15) is 11.3 Å². The maximum Gasteiger partial charge on any atom is 0.145 e. The summed E-state index contributed by atoms with van der Waals surface area (Å²) in [5, 5.41) is 1.12. The summed E-state index contributed by atoms with van der Waals surface area (Å²) in [6.07, 6.45) is 12.1. The van der Waals surface area contributed by atoms with Crippen LogP contribution in [0.5, 0.6) is 5.75 Å². The number of methoxy groups -OCH3 is 1. The molecule has 3 aromatic rings. The van der Waals surface area contributed by atoms with E-state index in [0.29, 0.717) is 0 Å². The first-order chi connectivity index (χ1) is 16.3. The highest BCUT2D eigenvalue weighted by molar-refractivity contribution is 5.84. The summed E-state index contributed by atoms with van der Waals surface area (Å²) in [5.74, 6) is 1.58. The van der Waals surface area contributed by atoms with Crippen LogP contribution in [0.2, 0.25) is 0 Å². The Bertz CT molecular complexity index is 1030. The van der Waals surface area contributed by atoms with Crippen LogP contribution >= 0.6 is 0 Å². The van der Waals surface area contributed by atoms with Crippen molar-refractivity contribution in [1.82, 2.24) is 19.8 Å². The van der Waals surface area contributed by atoms with Gasteiger partial charge in [0.15, 0.2) is 0 Å². The Morgan fingerprint density at radius 3 is 2.58 bits per heavy atom. The van der Waals surface area contributed by atoms with Gasteiger partial charge in [-0.3, -0.25) is 9.88 Å². The maximum atomic E-state index is 5.57. The number of aromatic nitrogens is 2. The third-order valence-electron chi connectivity index (χ3n) is 7.48.